The summed E-state index contributed by atoms with van der Waals surface area (Å²) in [5.74, 6) is 1.61. The van der Waals surface area contributed by atoms with Crippen molar-refractivity contribution in [3.05, 3.63) is 52.8 Å². The Hall–Kier alpha value is -1.55. The summed E-state index contributed by atoms with van der Waals surface area (Å²) in [4.78, 5) is 3.98. The molecule has 0 saturated carbocycles. The van der Waals surface area contributed by atoms with Crippen LogP contribution in [0.2, 0.25) is 0 Å². The van der Waals surface area contributed by atoms with Gasteiger partial charge in [-0.3, -0.25) is 4.98 Å². The molecule has 17 heavy (non-hydrogen) atoms. The van der Waals surface area contributed by atoms with Gasteiger partial charge in [0.2, 0.25) is 0 Å². The maximum atomic E-state index is 5.68. The summed E-state index contributed by atoms with van der Waals surface area (Å²) in [6.45, 7) is 0.500. The lowest BCUT2D eigenvalue weighted by Gasteiger charge is -2.08. The predicted molar refractivity (Wildman–Crippen MR) is 69.3 cm³/mol. The zero-order valence-corrected chi connectivity index (χ0v) is 11.0. The third kappa shape index (κ3) is 3.20. The zero-order chi connectivity index (χ0) is 12.1. The highest BCUT2D eigenvalue weighted by Gasteiger charge is 2.01. The molecule has 0 aliphatic heterocycles. The van der Waals surface area contributed by atoms with Gasteiger partial charge in [0.05, 0.1) is 11.6 Å². The van der Waals surface area contributed by atoms with Gasteiger partial charge in [0.15, 0.2) is 0 Å². The first-order valence-electron chi connectivity index (χ1n) is 5.15. The third-order valence-corrected chi connectivity index (χ3v) is 2.86. The lowest BCUT2D eigenvalue weighted by Crippen LogP contribution is -1.96. The summed E-state index contributed by atoms with van der Waals surface area (Å²) in [7, 11) is 1.65. The van der Waals surface area contributed by atoms with E-state index in [9.17, 15) is 0 Å². The Morgan fingerprint density at radius 3 is 2.94 bits per heavy atom. The van der Waals surface area contributed by atoms with Crippen molar-refractivity contribution in [2.75, 3.05) is 7.11 Å². The Morgan fingerprint density at radius 1 is 1.29 bits per heavy atom. The summed E-state index contributed by atoms with van der Waals surface area (Å²) in [5.41, 5.74) is 1.06. The molecule has 4 heteroatoms. The molecule has 0 spiro atoms. The summed E-state index contributed by atoms with van der Waals surface area (Å²) < 4.78 is 11.7. The van der Waals surface area contributed by atoms with Crippen LogP contribution in [-0.2, 0) is 6.61 Å². The van der Waals surface area contributed by atoms with Crippen molar-refractivity contribution in [1.29, 1.82) is 0 Å². The standard InChI is InChI=1S/C13H12BrNO2/c1-16-11-4-2-3-10(7-11)9-17-13-5-6-15-8-12(13)14/h2-8H,9H2,1H3. The lowest BCUT2D eigenvalue weighted by atomic mass is 10.2. The largest absolute Gasteiger partial charge is 0.497 e. The molecule has 0 aliphatic carbocycles. The molecular weight excluding hydrogens is 282 g/mol. The molecule has 3 nitrogen and oxygen atoms in total. The SMILES string of the molecule is COc1cccc(COc2ccncc2Br)c1. The minimum atomic E-state index is 0.500. The fourth-order valence-electron chi connectivity index (χ4n) is 1.40. The van der Waals surface area contributed by atoms with Crippen LogP contribution in [0, 0.1) is 0 Å². The molecule has 0 atom stereocenters. The van der Waals surface area contributed by atoms with Crippen LogP contribution in [0.25, 0.3) is 0 Å². The van der Waals surface area contributed by atoms with Crippen molar-refractivity contribution in [2.45, 2.75) is 6.61 Å². The van der Waals surface area contributed by atoms with Gasteiger partial charge < -0.3 is 9.47 Å². The Morgan fingerprint density at radius 2 is 2.18 bits per heavy atom. The van der Waals surface area contributed by atoms with Gasteiger partial charge in [-0.15, -0.1) is 0 Å². The third-order valence-electron chi connectivity index (χ3n) is 2.26. The Kier molecular flexibility index (Phi) is 3.98. The van der Waals surface area contributed by atoms with E-state index in [1.807, 2.05) is 30.3 Å². The fraction of sp³-hybridized carbons (Fsp3) is 0.154. The number of halogens is 1. The second-order valence-electron chi connectivity index (χ2n) is 3.45. The Balaban J connectivity index is 2.05. The average molecular weight is 294 g/mol. The number of nitrogens with zero attached hydrogens (tertiary/aromatic N) is 1. The molecule has 0 N–H and O–H groups in total. The fourth-order valence-corrected chi connectivity index (χ4v) is 1.77. The molecule has 0 amide bonds. The molecule has 1 aromatic carbocycles. The van der Waals surface area contributed by atoms with E-state index in [0.29, 0.717) is 6.61 Å². The van der Waals surface area contributed by atoms with Crippen LogP contribution in [0.15, 0.2) is 47.2 Å². The first kappa shape index (κ1) is 11.9. The highest BCUT2D eigenvalue weighted by molar-refractivity contribution is 9.10. The maximum Gasteiger partial charge on any atom is 0.137 e. The molecule has 2 aromatic rings. The van der Waals surface area contributed by atoms with Gasteiger partial charge in [0, 0.05) is 12.4 Å². The van der Waals surface area contributed by atoms with E-state index in [1.54, 1.807) is 19.5 Å². The summed E-state index contributed by atoms with van der Waals surface area (Å²) in [6, 6.07) is 9.63. The molecular formula is C13H12BrNO2. The number of benzene rings is 1. The molecule has 0 aliphatic rings. The summed E-state index contributed by atoms with van der Waals surface area (Å²) >= 11 is 3.39. The van der Waals surface area contributed by atoms with Gasteiger partial charge >= 0.3 is 0 Å². The quantitative estimate of drug-likeness (QED) is 0.865. The summed E-state index contributed by atoms with van der Waals surface area (Å²) in [5, 5.41) is 0. The van der Waals surface area contributed by atoms with E-state index in [2.05, 4.69) is 20.9 Å². The van der Waals surface area contributed by atoms with E-state index in [0.717, 1.165) is 21.5 Å². The highest BCUT2D eigenvalue weighted by Crippen LogP contribution is 2.24. The van der Waals surface area contributed by atoms with Crippen LogP contribution >= 0.6 is 15.9 Å². The summed E-state index contributed by atoms with van der Waals surface area (Å²) in [6.07, 6.45) is 3.41. The van der Waals surface area contributed by atoms with E-state index >= 15 is 0 Å². The molecule has 1 heterocycles. The van der Waals surface area contributed by atoms with Crippen LogP contribution in [0.3, 0.4) is 0 Å². The number of hydrogen-bond acceptors (Lipinski definition) is 3. The lowest BCUT2D eigenvalue weighted by molar-refractivity contribution is 0.303. The molecule has 0 radical (unpaired) electrons. The molecule has 0 saturated heterocycles. The smallest absolute Gasteiger partial charge is 0.137 e. The molecule has 2 rings (SSSR count). The number of rotatable bonds is 4. The number of methoxy groups -OCH3 is 1. The van der Waals surface area contributed by atoms with E-state index in [-0.39, 0.29) is 0 Å². The van der Waals surface area contributed by atoms with Crippen molar-refractivity contribution in [3.8, 4) is 11.5 Å². The van der Waals surface area contributed by atoms with Gasteiger partial charge in [0.1, 0.15) is 18.1 Å². The second-order valence-corrected chi connectivity index (χ2v) is 4.30. The Labute approximate surface area is 109 Å². The molecule has 1 aromatic heterocycles. The van der Waals surface area contributed by atoms with Gasteiger partial charge in [-0.05, 0) is 39.7 Å². The van der Waals surface area contributed by atoms with Crippen LogP contribution in [0.4, 0.5) is 0 Å². The maximum absolute atomic E-state index is 5.68. The first-order chi connectivity index (χ1) is 8.29. The zero-order valence-electron chi connectivity index (χ0n) is 9.39. The number of hydrogen-bond donors (Lipinski definition) is 0. The van der Waals surface area contributed by atoms with Crippen molar-refractivity contribution < 1.29 is 9.47 Å². The predicted octanol–water partition coefficient (Wildman–Crippen LogP) is 3.43. The Bertz CT molecular complexity index is 502. The van der Waals surface area contributed by atoms with Gasteiger partial charge in [-0.1, -0.05) is 12.1 Å². The highest BCUT2D eigenvalue weighted by atomic mass is 79.9. The van der Waals surface area contributed by atoms with E-state index < -0.39 is 0 Å². The molecule has 0 fully saturated rings. The minimum absolute atomic E-state index is 0.500. The minimum Gasteiger partial charge on any atom is -0.497 e. The van der Waals surface area contributed by atoms with Crippen molar-refractivity contribution in [3.63, 3.8) is 0 Å². The van der Waals surface area contributed by atoms with Crippen molar-refractivity contribution in [1.82, 2.24) is 4.98 Å². The van der Waals surface area contributed by atoms with Crippen LogP contribution < -0.4 is 9.47 Å². The molecule has 0 bridgehead atoms. The normalized spacial score (nSPS) is 10.0. The molecule has 0 unspecified atom stereocenters. The van der Waals surface area contributed by atoms with Crippen molar-refractivity contribution in [2.24, 2.45) is 0 Å². The second kappa shape index (κ2) is 5.68. The van der Waals surface area contributed by atoms with Crippen LogP contribution in [0.1, 0.15) is 5.56 Å². The van der Waals surface area contributed by atoms with E-state index in [4.69, 9.17) is 9.47 Å². The van der Waals surface area contributed by atoms with Gasteiger partial charge in [0.25, 0.3) is 0 Å². The average Bonchev–Trinajstić information content (AvgIpc) is 2.38. The first-order valence-corrected chi connectivity index (χ1v) is 5.94. The van der Waals surface area contributed by atoms with Crippen LogP contribution in [0.5, 0.6) is 11.5 Å². The van der Waals surface area contributed by atoms with E-state index in [1.165, 1.54) is 0 Å². The molecule has 88 valence electrons. The topological polar surface area (TPSA) is 31.4 Å². The number of pyridine rings is 1. The monoisotopic (exact) mass is 293 g/mol. The van der Waals surface area contributed by atoms with Crippen LogP contribution in [-0.4, -0.2) is 12.1 Å². The van der Waals surface area contributed by atoms with Crippen molar-refractivity contribution >= 4 is 15.9 Å². The van der Waals surface area contributed by atoms with Gasteiger partial charge in [-0.2, -0.15) is 0 Å². The number of ether oxygens (including phenoxy) is 2. The van der Waals surface area contributed by atoms with Gasteiger partial charge in [-0.25, -0.2) is 0 Å². The number of aromatic nitrogens is 1.